The van der Waals surface area contributed by atoms with Crippen LogP contribution >= 0.6 is 29.9 Å². The molecule has 1 aromatic rings. The lowest BCUT2D eigenvalue weighted by Gasteiger charge is -2.22. The first kappa shape index (κ1) is 18.4. The van der Waals surface area contributed by atoms with Crippen LogP contribution < -0.4 is 4.52 Å². The maximum absolute atomic E-state index is 11.5. The molecule has 9 heteroatoms. The molecule has 0 amide bonds. The molecular formula is C11H15Cl2O4PS2. The van der Waals surface area contributed by atoms with Gasteiger partial charge in [-0.1, -0.05) is 23.2 Å². The molecule has 0 aliphatic heterocycles. The molecule has 0 aliphatic carbocycles. The van der Waals surface area contributed by atoms with Crippen molar-refractivity contribution in [3.63, 3.8) is 0 Å². The average molecular weight is 377 g/mol. The highest BCUT2D eigenvalue weighted by atomic mass is 35.5. The fraction of sp³-hybridized carbons (Fsp3) is 0.455. The molecule has 0 fully saturated rings. The zero-order valence-electron chi connectivity index (χ0n) is 11.2. The summed E-state index contributed by atoms with van der Waals surface area (Å²) in [5.41, 5.74) is 0. The number of benzene rings is 1. The van der Waals surface area contributed by atoms with E-state index >= 15 is 0 Å². The highest BCUT2D eigenvalue weighted by molar-refractivity contribution is 8.07. The second kappa shape index (κ2) is 8.08. The molecule has 1 atom stereocenters. The predicted molar refractivity (Wildman–Crippen MR) is 87.0 cm³/mol. The van der Waals surface area contributed by atoms with Gasteiger partial charge in [-0.25, -0.2) is 0 Å². The summed E-state index contributed by atoms with van der Waals surface area (Å²) < 4.78 is 27.8. The molecule has 20 heavy (non-hydrogen) atoms. The molecule has 1 unspecified atom stereocenters. The molecule has 0 bridgehead atoms. The van der Waals surface area contributed by atoms with E-state index in [0.717, 1.165) is 0 Å². The van der Waals surface area contributed by atoms with E-state index in [1.807, 2.05) is 0 Å². The Morgan fingerprint density at radius 1 is 1.20 bits per heavy atom. The van der Waals surface area contributed by atoms with E-state index in [0.29, 0.717) is 23.1 Å². The molecule has 1 rings (SSSR count). The second-order valence-electron chi connectivity index (χ2n) is 3.54. The van der Waals surface area contributed by atoms with Gasteiger partial charge in [0.25, 0.3) is 0 Å². The quantitative estimate of drug-likeness (QED) is 0.659. The van der Waals surface area contributed by atoms with Crippen molar-refractivity contribution in [1.29, 1.82) is 0 Å². The SMILES string of the molecule is CCOP(=S)(OCC)Oc1cc(Cl)c(S(C)=O)cc1Cl. The molecule has 114 valence electrons. The Balaban J connectivity index is 3.11. The third kappa shape index (κ3) is 4.95. The van der Waals surface area contributed by atoms with Crippen LogP contribution in [0.15, 0.2) is 17.0 Å². The van der Waals surface area contributed by atoms with Gasteiger partial charge in [0, 0.05) is 24.1 Å². The fourth-order valence-electron chi connectivity index (χ4n) is 1.33. The van der Waals surface area contributed by atoms with Crippen LogP contribution in [0.5, 0.6) is 5.75 Å². The highest BCUT2D eigenvalue weighted by Gasteiger charge is 2.23. The van der Waals surface area contributed by atoms with Gasteiger partial charge in [0.2, 0.25) is 0 Å². The Bertz CT molecular complexity index is 543. The topological polar surface area (TPSA) is 44.8 Å². The van der Waals surface area contributed by atoms with Crippen molar-refractivity contribution in [3.8, 4) is 5.75 Å². The summed E-state index contributed by atoms with van der Waals surface area (Å²) in [6.45, 7) is 1.40. The molecule has 0 N–H and O–H groups in total. The lowest BCUT2D eigenvalue weighted by atomic mass is 10.3. The molecule has 0 radical (unpaired) electrons. The van der Waals surface area contributed by atoms with E-state index in [4.69, 9.17) is 48.6 Å². The smallest absolute Gasteiger partial charge is 0.380 e. The largest absolute Gasteiger partial charge is 0.422 e. The van der Waals surface area contributed by atoms with Crippen molar-refractivity contribution in [2.75, 3.05) is 19.5 Å². The van der Waals surface area contributed by atoms with E-state index in [1.54, 1.807) is 13.8 Å². The van der Waals surface area contributed by atoms with Crippen molar-refractivity contribution < 1.29 is 17.8 Å². The molecule has 0 aromatic heterocycles. The van der Waals surface area contributed by atoms with Crippen molar-refractivity contribution in [1.82, 2.24) is 0 Å². The van der Waals surface area contributed by atoms with Gasteiger partial charge >= 0.3 is 6.72 Å². The van der Waals surface area contributed by atoms with Crippen LogP contribution in [-0.4, -0.2) is 23.7 Å². The minimum absolute atomic E-state index is 0.258. The monoisotopic (exact) mass is 376 g/mol. The van der Waals surface area contributed by atoms with Crippen LogP contribution in [0.2, 0.25) is 10.0 Å². The van der Waals surface area contributed by atoms with E-state index in [9.17, 15) is 4.21 Å². The summed E-state index contributed by atoms with van der Waals surface area (Å²) in [7, 11) is -1.24. The average Bonchev–Trinajstić information content (AvgIpc) is 2.33. The van der Waals surface area contributed by atoms with Gasteiger partial charge in [0.15, 0.2) is 0 Å². The van der Waals surface area contributed by atoms with E-state index in [1.165, 1.54) is 18.4 Å². The fourth-order valence-corrected chi connectivity index (χ4v) is 4.82. The number of halogens is 2. The number of rotatable bonds is 7. The zero-order chi connectivity index (χ0) is 15.3. The van der Waals surface area contributed by atoms with Crippen molar-refractivity contribution >= 4 is 52.5 Å². The molecule has 0 saturated carbocycles. The molecule has 1 aromatic carbocycles. The predicted octanol–water partition coefficient (Wildman–Crippen LogP) is 4.41. The van der Waals surface area contributed by atoms with E-state index in [-0.39, 0.29) is 10.8 Å². The minimum Gasteiger partial charge on any atom is -0.422 e. The minimum atomic E-state index is -2.91. The normalized spacial score (nSPS) is 13.2. The van der Waals surface area contributed by atoms with Crippen LogP contribution in [0.3, 0.4) is 0 Å². The van der Waals surface area contributed by atoms with Crippen molar-refractivity contribution in [2.24, 2.45) is 0 Å². The first-order valence-electron chi connectivity index (χ1n) is 5.74. The van der Waals surface area contributed by atoms with Crippen LogP contribution in [0.1, 0.15) is 13.8 Å². The van der Waals surface area contributed by atoms with Crippen LogP contribution in [0.4, 0.5) is 0 Å². The standard InChI is InChI=1S/C11H15Cl2O4PS2/c1-4-15-18(19,16-5-2)17-10-6-9(13)11(20(3)14)7-8(10)12/h6-7H,4-5H2,1-3H3. The molecule has 0 aliphatic rings. The Kier molecular flexibility index (Phi) is 7.43. The lowest BCUT2D eigenvalue weighted by Crippen LogP contribution is -2.03. The van der Waals surface area contributed by atoms with Crippen LogP contribution in [-0.2, 0) is 31.7 Å². The van der Waals surface area contributed by atoms with Gasteiger partial charge in [-0.05, 0) is 19.9 Å². The van der Waals surface area contributed by atoms with E-state index in [2.05, 4.69) is 0 Å². The third-order valence-corrected chi connectivity index (χ3v) is 6.18. The van der Waals surface area contributed by atoms with Crippen LogP contribution in [0, 0.1) is 0 Å². The summed E-state index contributed by atoms with van der Waals surface area (Å²) >= 11 is 17.4. The highest BCUT2D eigenvalue weighted by Crippen LogP contribution is 2.51. The van der Waals surface area contributed by atoms with Crippen molar-refractivity contribution in [3.05, 3.63) is 22.2 Å². The van der Waals surface area contributed by atoms with Gasteiger partial charge in [0.1, 0.15) is 5.75 Å². The Morgan fingerprint density at radius 2 is 1.75 bits per heavy atom. The number of hydrogen-bond donors (Lipinski definition) is 0. The summed E-state index contributed by atoms with van der Waals surface area (Å²) in [6, 6.07) is 2.96. The summed E-state index contributed by atoms with van der Waals surface area (Å²) in [6.07, 6.45) is 1.52. The van der Waals surface area contributed by atoms with Gasteiger partial charge < -0.3 is 4.52 Å². The first-order chi connectivity index (χ1) is 9.33. The molecule has 0 spiro atoms. The van der Waals surface area contributed by atoms with Gasteiger partial charge in [0.05, 0.1) is 39.0 Å². The zero-order valence-corrected chi connectivity index (χ0v) is 15.3. The van der Waals surface area contributed by atoms with Gasteiger partial charge in [-0.3, -0.25) is 13.3 Å². The maximum Gasteiger partial charge on any atom is 0.380 e. The Labute approximate surface area is 136 Å². The van der Waals surface area contributed by atoms with Crippen LogP contribution in [0.25, 0.3) is 0 Å². The summed E-state index contributed by atoms with van der Waals surface area (Å²) in [5.74, 6) is 0.260. The lowest BCUT2D eigenvalue weighted by molar-refractivity contribution is 0.218. The van der Waals surface area contributed by atoms with E-state index < -0.39 is 17.5 Å². The first-order valence-corrected chi connectivity index (χ1v) is 10.6. The van der Waals surface area contributed by atoms with Gasteiger partial charge in [-0.15, -0.1) is 0 Å². The molecule has 0 heterocycles. The Morgan fingerprint density at radius 3 is 2.20 bits per heavy atom. The van der Waals surface area contributed by atoms with Crippen molar-refractivity contribution in [2.45, 2.75) is 18.7 Å². The summed E-state index contributed by atoms with van der Waals surface area (Å²) in [4.78, 5) is 0.435. The third-order valence-electron chi connectivity index (χ3n) is 2.08. The molecule has 0 saturated heterocycles. The second-order valence-corrected chi connectivity index (χ2v) is 8.64. The molecule has 4 nitrogen and oxygen atoms in total. The Hall–Kier alpha value is 0.320. The molecular weight excluding hydrogens is 362 g/mol. The maximum atomic E-state index is 11.5. The summed E-state index contributed by atoms with van der Waals surface area (Å²) in [5, 5.41) is 0.549. The number of hydrogen-bond acceptors (Lipinski definition) is 5. The van der Waals surface area contributed by atoms with Gasteiger partial charge in [-0.2, -0.15) is 0 Å².